The minimum atomic E-state index is -4.42. The number of rotatable bonds is 5. The summed E-state index contributed by atoms with van der Waals surface area (Å²) >= 11 is 0. The molecular formula is C15H17F3N4. The fraction of sp³-hybridized carbons (Fsp3) is 0.333. The molecule has 22 heavy (non-hydrogen) atoms. The van der Waals surface area contributed by atoms with Gasteiger partial charge in [-0.3, -0.25) is 0 Å². The molecule has 0 radical (unpaired) electrons. The molecule has 0 spiro atoms. The van der Waals surface area contributed by atoms with Gasteiger partial charge in [-0.25, -0.2) is 4.98 Å². The lowest BCUT2D eigenvalue weighted by atomic mass is 10.1. The molecule has 2 rings (SSSR count). The van der Waals surface area contributed by atoms with Gasteiger partial charge in [-0.05, 0) is 32.0 Å². The van der Waals surface area contributed by atoms with Gasteiger partial charge in [0.2, 0.25) is 5.95 Å². The average molecular weight is 310 g/mol. The molecule has 0 aliphatic carbocycles. The Bertz CT molecular complexity index is 624. The molecule has 0 aliphatic rings. The van der Waals surface area contributed by atoms with Crippen LogP contribution in [-0.4, -0.2) is 23.1 Å². The number of aromatic nitrogens is 2. The number of benzene rings is 1. The summed E-state index contributed by atoms with van der Waals surface area (Å²) in [6.45, 7) is 5.37. The van der Waals surface area contributed by atoms with Gasteiger partial charge < -0.3 is 10.2 Å². The van der Waals surface area contributed by atoms with Crippen LogP contribution in [0.3, 0.4) is 0 Å². The van der Waals surface area contributed by atoms with E-state index < -0.39 is 11.7 Å². The van der Waals surface area contributed by atoms with Crippen LogP contribution in [0.2, 0.25) is 0 Å². The molecule has 0 aliphatic heterocycles. The molecule has 0 bridgehead atoms. The van der Waals surface area contributed by atoms with Gasteiger partial charge in [0.15, 0.2) is 0 Å². The van der Waals surface area contributed by atoms with E-state index >= 15 is 0 Å². The van der Waals surface area contributed by atoms with Crippen LogP contribution in [0.5, 0.6) is 0 Å². The maximum Gasteiger partial charge on any atom is 0.418 e. The van der Waals surface area contributed by atoms with Gasteiger partial charge >= 0.3 is 6.18 Å². The summed E-state index contributed by atoms with van der Waals surface area (Å²) in [6.07, 6.45) is -2.89. The third-order valence-corrected chi connectivity index (χ3v) is 3.18. The van der Waals surface area contributed by atoms with Gasteiger partial charge in [0.05, 0.1) is 11.3 Å². The van der Waals surface area contributed by atoms with Gasteiger partial charge in [-0.15, -0.1) is 0 Å². The zero-order chi connectivity index (χ0) is 16.2. The number of nitrogens with one attached hydrogen (secondary N) is 1. The molecule has 4 nitrogen and oxygen atoms in total. The lowest BCUT2D eigenvalue weighted by Crippen LogP contribution is -2.24. The smallest absolute Gasteiger partial charge is 0.341 e. The van der Waals surface area contributed by atoms with Gasteiger partial charge in [0, 0.05) is 19.3 Å². The minimum absolute atomic E-state index is 0.0285. The quantitative estimate of drug-likeness (QED) is 0.903. The van der Waals surface area contributed by atoms with Crippen LogP contribution in [0.25, 0.3) is 0 Å². The number of hydrogen-bond donors (Lipinski definition) is 1. The normalized spacial score (nSPS) is 11.3. The van der Waals surface area contributed by atoms with Crippen LogP contribution in [0.4, 0.5) is 30.6 Å². The molecule has 0 atom stereocenters. The third kappa shape index (κ3) is 3.66. The number of alkyl halides is 3. The van der Waals surface area contributed by atoms with E-state index in [0.717, 1.165) is 19.2 Å². The van der Waals surface area contributed by atoms with Gasteiger partial charge in [0.1, 0.15) is 5.82 Å². The van der Waals surface area contributed by atoms with E-state index in [4.69, 9.17) is 0 Å². The van der Waals surface area contributed by atoms with Crippen molar-refractivity contribution in [3.05, 3.63) is 42.1 Å². The van der Waals surface area contributed by atoms with E-state index in [1.165, 1.54) is 18.3 Å². The van der Waals surface area contributed by atoms with Crippen molar-refractivity contribution in [2.75, 3.05) is 23.3 Å². The second-order valence-electron chi connectivity index (χ2n) is 4.58. The first-order valence-corrected chi connectivity index (χ1v) is 6.97. The Kier molecular flexibility index (Phi) is 4.85. The number of hydrogen-bond acceptors (Lipinski definition) is 4. The highest BCUT2D eigenvalue weighted by Crippen LogP contribution is 2.35. The van der Waals surface area contributed by atoms with Crippen LogP contribution in [0, 0.1) is 0 Å². The molecular weight excluding hydrogens is 293 g/mol. The Balaban J connectivity index is 2.31. The Morgan fingerprint density at radius 2 is 1.77 bits per heavy atom. The summed E-state index contributed by atoms with van der Waals surface area (Å²) in [7, 11) is 0. The van der Waals surface area contributed by atoms with E-state index in [-0.39, 0.29) is 5.69 Å². The van der Waals surface area contributed by atoms with Crippen LogP contribution in [-0.2, 0) is 6.18 Å². The highest BCUT2D eigenvalue weighted by molar-refractivity contribution is 5.62. The molecule has 0 amide bonds. The summed E-state index contributed by atoms with van der Waals surface area (Å²) < 4.78 is 39.0. The van der Waals surface area contributed by atoms with E-state index in [2.05, 4.69) is 15.3 Å². The van der Waals surface area contributed by atoms with Crippen molar-refractivity contribution in [3.63, 3.8) is 0 Å². The lowest BCUT2D eigenvalue weighted by molar-refractivity contribution is -0.136. The van der Waals surface area contributed by atoms with E-state index in [1.807, 2.05) is 18.7 Å². The molecule has 1 aromatic carbocycles. The molecule has 118 valence electrons. The van der Waals surface area contributed by atoms with Crippen molar-refractivity contribution in [3.8, 4) is 0 Å². The molecule has 1 heterocycles. The summed E-state index contributed by atoms with van der Waals surface area (Å²) in [6, 6.07) is 6.86. The molecule has 0 saturated carbocycles. The van der Waals surface area contributed by atoms with Crippen molar-refractivity contribution < 1.29 is 13.2 Å². The zero-order valence-corrected chi connectivity index (χ0v) is 12.4. The monoisotopic (exact) mass is 310 g/mol. The van der Waals surface area contributed by atoms with Crippen molar-refractivity contribution in [2.45, 2.75) is 20.0 Å². The average Bonchev–Trinajstić information content (AvgIpc) is 2.48. The van der Waals surface area contributed by atoms with Gasteiger partial charge in [0.25, 0.3) is 0 Å². The predicted molar refractivity (Wildman–Crippen MR) is 80.3 cm³/mol. The van der Waals surface area contributed by atoms with E-state index in [9.17, 15) is 13.2 Å². The first kappa shape index (κ1) is 16.1. The fourth-order valence-corrected chi connectivity index (χ4v) is 2.05. The number of anilines is 3. The molecule has 0 saturated heterocycles. The zero-order valence-electron chi connectivity index (χ0n) is 12.4. The highest BCUT2D eigenvalue weighted by atomic mass is 19.4. The SMILES string of the molecule is CCN(CC)c1nccc(Nc2ccccc2C(F)(F)F)n1. The van der Waals surface area contributed by atoms with Crippen LogP contribution in [0.15, 0.2) is 36.5 Å². The summed E-state index contributed by atoms with van der Waals surface area (Å²) in [4.78, 5) is 10.3. The van der Waals surface area contributed by atoms with Crippen molar-refractivity contribution in [1.29, 1.82) is 0 Å². The minimum Gasteiger partial charge on any atom is -0.341 e. The van der Waals surface area contributed by atoms with Crippen molar-refractivity contribution >= 4 is 17.5 Å². The molecule has 2 aromatic rings. The van der Waals surface area contributed by atoms with E-state index in [0.29, 0.717) is 11.8 Å². The Labute approximate surface area is 127 Å². The Morgan fingerprint density at radius 3 is 2.41 bits per heavy atom. The lowest BCUT2D eigenvalue weighted by Gasteiger charge is -2.19. The number of para-hydroxylation sites is 1. The number of halogens is 3. The first-order valence-electron chi connectivity index (χ1n) is 6.97. The number of nitrogens with zero attached hydrogens (tertiary/aromatic N) is 3. The van der Waals surface area contributed by atoms with Gasteiger partial charge in [-0.1, -0.05) is 12.1 Å². The maximum absolute atomic E-state index is 13.0. The third-order valence-electron chi connectivity index (χ3n) is 3.18. The second kappa shape index (κ2) is 6.64. The first-order chi connectivity index (χ1) is 10.5. The second-order valence-corrected chi connectivity index (χ2v) is 4.58. The van der Waals surface area contributed by atoms with Crippen LogP contribution in [0.1, 0.15) is 19.4 Å². The highest BCUT2D eigenvalue weighted by Gasteiger charge is 2.33. The largest absolute Gasteiger partial charge is 0.418 e. The molecule has 0 unspecified atom stereocenters. The molecule has 7 heteroatoms. The van der Waals surface area contributed by atoms with Crippen LogP contribution < -0.4 is 10.2 Å². The topological polar surface area (TPSA) is 41.1 Å². The summed E-state index contributed by atoms with van der Waals surface area (Å²) in [5.41, 5.74) is -0.753. The summed E-state index contributed by atoms with van der Waals surface area (Å²) in [5.74, 6) is 0.813. The maximum atomic E-state index is 13.0. The standard InChI is InChI=1S/C15H17F3N4/c1-3-22(4-2)14-19-10-9-13(21-14)20-12-8-6-5-7-11(12)15(16,17)18/h5-10H,3-4H2,1-2H3,(H,19,20,21). The molecule has 0 fully saturated rings. The Morgan fingerprint density at radius 1 is 1.09 bits per heavy atom. The van der Waals surface area contributed by atoms with Crippen LogP contribution >= 0.6 is 0 Å². The Hall–Kier alpha value is -2.31. The summed E-state index contributed by atoms with van der Waals surface area (Å²) in [5, 5.41) is 2.72. The fourth-order valence-electron chi connectivity index (χ4n) is 2.05. The molecule has 1 N–H and O–H groups in total. The van der Waals surface area contributed by atoms with E-state index in [1.54, 1.807) is 12.1 Å². The van der Waals surface area contributed by atoms with Gasteiger partial charge in [-0.2, -0.15) is 18.2 Å². The predicted octanol–water partition coefficient (Wildman–Crippen LogP) is 4.09. The molecule has 1 aromatic heterocycles. The van der Waals surface area contributed by atoms with Crippen molar-refractivity contribution in [1.82, 2.24) is 9.97 Å². The van der Waals surface area contributed by atoms with Crippen molar-refractivity contribution in [2.24, 2.45) is 0 Å².